The first-order valence-electron chi connectivity index (χ1n) is 2.76. The van der Waals surface area contributed by atoms with Gasteiger partial charge in [0.25, 0.3) is 0 Å². The fraction of sp³-hybridized carbons (Fsp3) is 0.429. The second-order valence-corrected chi connectivity index (χ2v) is 1.13. The third kappa shape index (κ3) is 39.2. The van der Waals surface area contributed by atoms with E-state index in [4.69, 9.17) is 5.11 Å². The second kappa shape index (κ2) is 22.7. The summed E-state index contributed by atoms with van der Waals surface area (Å²) in [5, 5.41) is 7.57. The summed E-state index contributed by atoms with van der Waals surface area (Å²) >= 11 is 0. The minimum absolute atomic E-state index is 0. The molecule has 0 heterocycles. The number of rotatable bonds is 2. The predicted octanol–water partition coefficient (Wildman–Crippen LogP) is 0.873. The molecule has 0 unspecified atom stereocenters. The van der Waals surface area contributed by atoms with E-state index in [1.807, 2.05) is 0 Å². The van der Waals surface area contributed by atoms with Gasteiger partial charge in [-0.15, -0.1) is 0 Å². The Bertz CT molecular complexity index is 72.0. The second-order valence-electron chi connectivity index (χ2n) is 1.13. The van der Waals surface area contributed by atoms with Gasteiger partial charge in [-0.25, -0.2) is 6.42 Å². The Kier molecular flexibility index (Phi) is 38.2. The van der Waals surface area contributed by atoms with Crippen LogP contribution >= 0.6 is 0 Å². The van der Waals surface area contributed by atoms with E-state index in [2.05, 4.69) is 6.92 Å². The van der Waals surface area contributed by atoms with Crippen LogP contribution in [-0.4, -0.2) is 18.0 Å². The standard InChI is InChI=1S/C5H6O.C2H6O.Y/c1-2-3-4-5-6;1-2-3;/h3-4H,1-2H2;3H,2H2,1H3;/q-2;;. The van der Waals surface area contributed by atoms with Gasteiger partial charge >= 0.3 is 0 Å². The molecule has 0 amide bonds. The van der Waals surface area contributed by atoms with Crippen LogP contribution in [0.5, 0.6) is 0 Å². The van der Waals surface area contributed by atoms with Crippen LogP contribution in [0.2, 0.25) is 0 Å². The number of hydrogen-bond acceptors (Lipinski definition) is 2. The molecule has 1 N–H and O–H groups in total. The first-order chi connectivity index (χ1) is 4.33. The molecule has 57 valence electrons. The van der Waals surface area contributed by atoms with Crippen LogP contribution in [0.15, 0.2) is 12.2 Å². The van der Waals surface area contributed by atoms with Crippen LogP contribution in [0.3, 0.4) is 0 Å². The Labute approximate surface area is 87.6 Å². The maximum Gasteiger partial charge on any atom is 0.0402 e. The SMILES string of the molecule is CCO.[CH2-]CC=C[C-]=O.[Y]. The van der Waals surface area contributed by atoms with Crippen molar-refractivity contribution in [1.29, 1.82) is 0 Å². The molecule has 0 aromatic carbocycles. The Morgan fingerprint density at radius 3 is 2.20 bits per heavy atom. The van der Waals surface area contributed by atoms with Crippen LogP contribution in [0, 0.1) is 6.92 Å². The molecular weight excluding hydrogens is 205 g/mol. The van der Waals surface area contributed by atoms with E-state index in [9.17, 15) is 4.79 Å². The predicted molar refractivity (Wildman–Crippen MR) is 37.6 cm³/mol. The van der Waals surface area contributed by atoms with Gasteiger partial charge in [0.2, 0.25) is 0 Å². The molecule has 3 heteroatoms. The molecule has 0 bridgehead atoms. The third-order valence-electron chi connectivity index (χ3n) is 0.353. The average molecular weight is 217 g/mol. The van der Waals surface area contributed by atoms with Crippen LogP contribution in [0.1, 0.15) is 13.3 Å². The smallest absolute Gasteiger partial charge is 0.0402 e. The summed E-state index contributed by atoms with van der Waals surface area (Å²) in [4.78, 5) is 9.32. The van der Waals surface area contributed by atoms with Gasteiger partial charge in [0.1, 0.15) is 0 Å². The normalized spacial score (nSPS) is 7.50. The molecule has 0 saturated heterocycles. The zero-order chi connectivity index (χ0) is 7.54. The van der Waals surface area contributed by atoms with Crippen LogP contribution < -0.4 is 0 Å². The molecule has 0 aromatic heterocycles. The molecular formula is C7H12O2Y-2. The largest absolute Gasteiger partial charge is 0.419 e. The topological polar surface area (TPSA) is 37.3 Å². The fourth-order valence-corrected chi connectivity index (χ4v) is 0.131. The number of aliphatic hydroxyl groups excluding tert-OH is 1. The van der Waals surface area contributed by atoms with Gasteiger partial charge in [-0.3, -0.25) is 6.08 Å². The van der Waals surface area contributed by atoms with E-state index in [0.717, 1.165) is 0 Å². The van der Waals surface area contributed by atoms with Crippen molar-refractivity contribution in [2.45, 2.75) is 13.3 Å². The zero-order valence-corrected chi connectivity index (χ0v) is 9.05. The summed E-state index contributed by atoms with van der Waals surface area (Å²) < 4.78 is 0. The van der Waals surface area contributed by atoms with Crippen molar-refractivity contribution < 1.29 is 42.6 Å². The molecule has 2 nitrogen and oxygen atoms in total. The first-order valence-corrected chi connectivity index (χ1v) is 2.76. The van der Waals surface area contributed by atoms with Crippen molar-refractivity contribution in [3.05, 3.63) is 19.1 Å². The molecule has 0 aliphatic rings. The molecule has 10 heavy (non-hydrogen) atoms. The van der Waals surface area contributed by atoms with E-state index in [1.165, 1.54) is 6.08 Å². The van der Waals surface area contributed by atoms with Gasteiger partial charge in [-0.2, -0.15) is 6.08 Å². The minimum Gasteiger partial charge on any atom is -0.419 e. The van der Waals surface area contributed by atoms with E-state index >= 15 is 0 Å². The van der Waals surface area contributed by atoms with E-state index in [-0.39, 0.29) is 39.3 Å². The molecule has 0 aromatic rings. The summed E-state index contributed by atoms with van der Waals surface area (Å²) in [5.74, 6) is 0. The van der Waals surface area contributed by atoms with Crippen LogP contribution in [-0.2, 0) is 37.5 Å². The molecule has 1 radical (unpaired) electrons. The molecule has 0 spiro atoms. The van der Waals surface area contributed by atoms with Crippen molar-refractivity contribution in [1.82, 2.24) is 0 Å². The monoisotopic (exact) mass is 217 g/mol. The maximum atomic E-state index is 9.32. The van der Waals surface area contributed by atoms with E-state index in [0.29, 0.717) is 6.42 Å². The van der Waals surface area contributed by atoms with E-state index in [1.54, 1.807) is 19.3 Å². The number of aliphatic hydroxyl groups is 1. The molecule has 0 rings (SSSR count). The Balaban J connectivity index is -0.000000107. The quantitative estimate of drug-likeness (QED) is 0.550. The van der Waals surface area contributed by atoms with Gasteiger partial charge in [0, 0.05) is 39.3 Å². The maximum absolute atomic E-state index is 9.32. The Morgan fingerprint density at radius 1 is 1.70 bits per heavy atom. The Hall–Kier alpha value is 0.474. The van der Waals surface area contributed by atoms with Crippen LogP contribution in [0.25, 0.3) is 0 Å². The summed E-state index contributed by atoms with van der Waals surface area (Å²) in [6, 6.07) is 0. The summed E-state index contributed by atoms with van der Waals surface area (Å²) in [6.07, 6.45) is 5.22. The fourth-order valence-electron chi connectivity index (χ4n) is 0.131. The molecule has 0 atom stereocenters. The van der Waals surface area contributed by atoms with Gasteiger partial charge in [0.05, 0.1) is 0 Å². The van der Waals surface area contributed by atoms with Crippen LogP contribution in [0.4, 0.5) is 0 Å². The van der Waals surface area contributed by atoms with Gasteiger partial charge < -0.3 is 16.8 Å². The zero-order valence-electron chi connectivity index (χ0n) is 6.21. The van der Waals surface area contributed by atoms with Crippen molar-refractivity contribution >= 4 is 6.29 Å². The molecule has 0 fully saturated rings. The van der Waals surface area contributed by atoms with Crippen molar-refractivity contribution in [2.24, 2.45) is 0 Å². The third-order valence-corrected chi connectivity index (χ3v) is 0.353. The number of hydrogen-bond donors (Lipinski definition) is 1. The van der Waals surface area contributed by atoms with Gasteiger partial charge in [-0.05, 0) is 13.2 Å². The molecule has 0 saturated carbocycles. The molecule has 0 aliphatic heterocycles. The summed E-state index contributed by atoms with van der Waals surface area (Å²) in [6.45, 7) is 5.39. The summed E-state index contributed by atoms with van der Waals surface area (Å²) in [5.41, 5.74) is 0. The first kappa shape index (κ1) is 16.8. The number of allylic oxidation sites excluding steroid dienone is 2. The molecule has 0 aliphatic carbocycles. The number of carbonyl (C=O) groups excluding carboxylic acids is 1. The Morgan fingerprint density at radius 2 is 2.10 bits per heavy atom. The minimum atomic E-state index is 0. The average Bonchev–Trinajstić information content (AvgIpc) is 1.86. The van der Waals surface area contributed by atoms with Gasteiger partial charge in [-0.1, -0.05) is 0 Å². The van der Waals surface area contributed by atoms with Gasteiger partial charge in [0.15, 0.2) is 0 Å². The van der Waals surface area contributed by atoms with E-state index < -0.39 is 0 Å². The van der Waals surface area contributed by atoms with Crippen molar-refractivity contribution in [3.63, 3.8) is 0 Å². The van der Waals surface area contributed by atoms with Crippen molar-refractivity contribution in [3.8, 4) is 0 Å². The van der Waals surface area contributed by atoms with Crippen molar-refractivity contribution in [2.75, 3.05) is 6.61 Å². The summed E-state index contributed by atoms with van der Waals surface area (Å²) in [7, 11) is 0.